The van der Waals surface area contributed by atoms with Crippen LogP contribution in [0.2, 0.25) is 0 Å². The molecule has 1 saturated heterocycles. The molecule has 1 rings (SSSR count). The first kappa shape index (κ1) is 72.9. The van der Waals surface area contributed by atoms with Crippen LogP contribution in [0.4, 0.5) is 0 Å². The van der Waals surface area contributed by atoms with E-state index < -0.39 is 49.5 Å². The van der Waals surface area contributed by atoms with Crippen molar-refractivity contribution >= 4 is 11.9 Å². The molecule has 1 amide bonds. The van der Waals surface area contributed by atoms with Crippen molar-refractivity contribution < 1.29 is 49.3 Å². The highest BCUT2D eigenvalue weighted by molar-refractivity contribution is 5.76. The van der Waals surface area contributed by atoms with Crippen molar-refractivity contribution in [2.75, 3.05) is 19.8 Å². The Morgan fingerprint density at radius 2 is 0.844 bits per heavy atom. The van der Waals surface area contributed by atoms with E-state index in [0.29, 0.717) is 19.4 Å². The molecule has 0 spiro atoms. The molecule has 7 unspecified atom stereocenters. The third-order valence-corrected chi connectivity index (χ3v) is 15.5. The van der Waals surface area contributed by atoms with E-state index in [-0.39, 0.29) is 18.5 Å². The highest BCUT2D eigenvalue weighted by atomic mass is 16.7. The SMILES string of the molecule is CCCCC/C=C/CC/C=C/C(O)C(COC1OC(CO)C(O)C(O)C1O)NC(=O)CCCCCCCCCCCC/C=C\CCCCCCCCCCCCCCOC(=O)CCCCCCCCCCCCCCCC. The minimum atomic E-state index is -1.58. The molecule has 1 fully saturated rings. The summed E-state index contributed by atoms with van der Waals surface area (Å²) in [5.41, 5.74) is 0. The summed E-state index contributed by atoms with van der Waals surface area (Å²) in [6, 6.07) is -0.827. The fraction of sp³-hybridized carbons (Fsp3) is 0.879. The normalized spacial score (nSPS) is 18.8. The second-order valence-electron chi connectivity index (χ2n) is 22.8. The third kappa shape index (κ3) is 45.2. The molecule has 452 valence electrons. The van der Waals surface area contributed by atoms with Crippen molar-refractivity contribution in [2.24, 2.45) is 0 Å². The lowest BCUT2D eigenvalue weighted by Crippen LogP contribution is -2.60. The number of rotatable bonds is 57. The number of aliphatic hydroxyl groups excluding tert-OH is 5. The van der Waals surface area contributed by atoms with E-state index in [0.717, 1.165) is 57.8 Å². The number of esters is 1. The van der Waals surface area contributed by atoms with E-state index in [2.05, 4.69) is 43.5 Å². The maximum Gasteiger partial charge on any atom is 0.305 e. The van der Waals surface area contributed by atoms with Gasteiger partial charge in [0.15, 0.2) is 6.29 Å². The summed E-state index contributed by atoms with van der Waals surface area (Å²) < 4.78 is 16.7. The van der Waals surface area contributed by atoms with Gasteiger partial charge in [0.05, 0.1) is 32.0 Å². The second-order valence-corrected chi connectivity index (χ2v) is 22.8. The summed E-state index contributed by atoms with van der Waals surface area (Å²) in [4.78, 5) is 25.1. The van der Waals surface area contributed by atoms with Gasteiger partial charge >= 0.3 is 5.97 Å². The molecule has 6 N–H and O–H groups in total. The van der Waals surface area contributed by atoms with Gasteiger partial charge in [-0.3, -0.25) is 9.59 Å². The number of hydrogen-bond acceptors (Lipinski definition) is 10. The molecule has 0 bridgehead atoms. The standard InChI is InChI=1S/C66H123NO10/c1-3-5-7-9-11-13-14-15-31-34-38-42-46-50-54-62(71)75-55-51-47-43-39-35-32-29-27-25-23-21-19-17-16-18-20-22-24-26-28-30-33-37-41-45-49-53-61(70)67-58(59(69)52-48-44-40-36-12-10-8-6-4-2)57-76-66-65(74)64(73)63(72)60(56-68)77-66/h12,16,18,36,48,52,58-60,63-66,68-69,72-74H,3-11,13-15,17,19-35,37-47,49-51,53-57H2,1-2H3,(H,67,70)/b18-16-,36-12+,52-48+. The molecular formula is C66H123NO10. The Hall–Kier alpha value is -2.12. The number of unbranched alkanes of at least 4 members (excludes halogenated alkanes) is 39. The van der Waals surface area contributed by atoms with Crippen LogP contribution in [-0.2, 0) is 23.8 Å². The van der Waals surface area contributed by atoms with Crippen molar-refractivity contribution in [1.82, 2.24) is 5.32 Å². The Bertz CT molecular complexity index is 1370. The monoisotopic (exact) mass is 1090 g/mol. The Kier molecular flexibility index (Phi) is 52.8. The molecule has 0 saturated carbocycles. The summed E-state index contributed by atoms with van der Waals surface area (Å²) in [6.45, 7) is 4.29. The van der Waals surface area contributed by atoms with Gasteiger partial charge in [-0.25, -0.2) is 0 Å². The van der Waals surface area contributed by atoms with Crippen LogP contribution >= 0.6 is 0 Å². The van der Waals surface area contributed by atoms with E-state index in [4.69, 9.17) is 14.2 Å². The predicted octanol–water partition coefficient (Wildman–Crippen LogP) is 15.8. The van der Waals surface area contributed by atoms with Gasteiger partial charge in [-0.15, -0.1) is 0 Å². The van der Waals surface area contributed by atoms with Crippen LogP contribution in [0.25, 0.3) is 0 Å². The molecule has 0 aromatic carbocycles. The Morgan fingerprint density at radius 1 is 0.468 bits per heavy atom. The Morgan fingerprint density at radius 3 is 1.31 bits per heavy atom. The van der Waals surface area contributed by atoms with E-state index >= 15 is 0 Å². The number of allylic oxidation sites excluding steroid dienone is 5. The third-order valence-electron chi connectivity index (χ3n) is 15.5. The molecule has 0 radical (unpaired) electrons. The van der Waals surface area contributed by atoms with Crippen molar-refractivity contribution in [3.8, 4) is 0 Å². The lowest BCUT2D eigenvalue weighted by Gasteiger charge is -2.40. The van der Waals surface area contributed by atoms with Crippen LogP contribution < -0.4 is 5.32 Å². The number of ether oxygens (including phenoxy) is 3. The van der Waals surface area contributed by atoms with Gasteiger partial charge in [0, 0.05) is 12.8 Å². The first-order chi connectivity index (χ1) is 37.7. The summed E-state index contributed by atoms with van der Waals surface area (Å²) >= 11 is 0. The van der Waals surface area contributed by atoms with Gasteiger partial charge in [-0.2, -0.15) is 0 Å². The molecule has 7 atom stereocenters. The summed E-state index contributed by atoms with van der Waals surface area (Å²) in [6.07, 6.45) is 60.0. The van der Waals surface area contributed by atoms with Gasteiger partial charge in [0.1, 0.15) is 24.4 Å². The number of hydrogen-bond donors (Lipinski definition) is 6. The predicted molar refractivity (Wildman–Crippen MR) is 320 cm³/mol. The minimum Gasteiger partial charge on any atom is -0.466 e. The number of amides is 1. The maximum absolute atomic E-state index is 13.0. The topological polar surface area (TPSA) is 175 Å². The van der Waals surface area contributed by atoms with Crippen molar-refractivity contribution in [1.29, 1.82) is 0 Å². The molecule has 1 heterocycles. The molecule has 0 aromatic rings. The minimum absolute atomic E-state index is 0.00618. The highest BCUT2D eigenvalue weighted by Crippen LogP contribution is 2.23. The molecule has 1 aliphatic heterocycles. The zero-order chi connectivity index (χ0) is 55.9. The maximum atomic E-state index is 13.0. The number of carbonyl (C=O) groups is 2. The molecule has 0 aromatic heterocycles. The lowest BCUT2D eigenvalue weighted by atomic mass is 9.99. The van der Waals surface area contributed by atoms with Crippen LogP contribution in [0.1, 0.15) is 309 Å². The Labute approximate surface area is 473 Å². The van der Waals surface area contributed by atoms with Gasteiger partial charge in [0.25, 0.3) is 0 Å². The largest absolute Gasteiger partial charge is 0.466 e. The molecular weight excluding hydrogens is 967 g/mol. The van der Waals surface area contributed by atoms with Gasteiger partial charge in [0.2, 0.25) is 5.91 Å². The van der Waals surface area contributed by atoms with Crippen molar-refractivity contribution in [2.45, 2.75) is 352 Å². The van der Waals surface area contributed by atoms with Crippen molar-refractivity contribution in [3.63, 3.8) is 0 Å². The quantitative estimate of drug-likeness (QED) is 0.0195. The van der Waals surface area contributed by atoms with Crippen LogP contribution in [0.5, 0.6) is 0 Å². The lowest BCUT2D eigenvalue weighted by molar-refractivity contribution is -0.302. The van der Waals surface area contributed by atoms with E-state index in [1.807, 2.05) is 6.08 Å². The summed E-state index contributed by atoms with van der Waals surface area (Å²) in [5.74, 6) is -0.190. The van der Waals surface area contributed by atoms with Crippen LogP contribution in [0.3, 0.4) is 0 Å². The van der Waals surface area contributed by atoms with Crippen LogP contribution in [0.15, 0.2) is 36.5 Å². The number of aliphatic hydroxyl groups is 5. The highest BCUT2D eigenvalue weighted by Gasteiger charge is 2.44. The molecule has 11 heteroatoms. The summed E-state index contributed by atoms with van der Waals surface area (Å²) in [5, 5.41) is 54.2. The smallest absolute Gasteiger partial charge is 0.305 e. The van der Waals surface area contributed by atoms with Gasteiger partial charge < -0.3 is 45.1 Å². The van der Waals surface area contributed by atoms with Crippen LogP contribution in [-0.4, -0.2) is 100 Å². The first-order valence-corrected chi connectivity index (χ1v) is 32.8. The summed E-state index contributed by atoms with van der Waals surface area (Å²) in [7, 11) is 0. The zero-order valence-corrected chi connectivity index (χ0v) is 49.9. The fourth-order valence-corrected chi connectivity index (χ4v) is 10.3. The van der Waals surface area contributed by atoms with Gasteiger partial charge in [-0.1, -0.05) is 262 Å². The fourth-order valence-electron chi connectivity index (χ4n) is 10.3. The number of carbonyl (C=O) groups excluding carboxylic acids is 2. The van der Waals surface area contributed by atoms with Crippen LogP contribution in [0, 0.1) is 0 Å². The zero-order valence-electron chi connectivity index (χ0n) is 49.9. The van der Waals surface area contributed by atoms with E-state index in [1.165, 1.54) is 225 Å². The molecule has 11 nitrogen and oxygen atoms in total. The average molecular weight is 1090 g/mol. The molecule has 1 aliphatic rings. The average Bonchev–Trinajstić information content (AvgIpc) is 3.43. The van der Waals surface area contributed by atoms with Crippen molar-refractivity contribution in [3.05, 3.63) is 36.5 Å². The second kappa shape index (κ2) is 55.8. The van der Waals surface area contributed by atoms with E-state index in [1.54, 1.807) is 6.08 Å². The Balaban J connectivity index is 1.96. The number of nitrogens with one attached hydrogen (secondary N) is 1. The molecule has 77 heavy (non-hydrogen) atoms. The van der Waals surface area contributed by atoms with Gasteiger partial charge in [-0.05, 0) is 70.6 Å². The van der Waals surface area contributed by atoms with E-state index in [9.17, 15) is 35.1 Å². The first-order valence-electron chi connectivity index (χ1n) is 32.8. The molecule has 0 aliphatic carbocycles.